The summed E-state index contributed by atoms with van der Waals surface area (Å²) in [6.07, 6.45) is 0.321. The van der Waals surface area contributed by atoms with Crippen LogP contribution in [-0.4, -0.2) is 63.2 Å². The predicted molar refractivity (Wildman–Crippen MR) is 153 cm³/mol. The maximum Gasteiger partial charge on any atom is 0.244 e. The number of hydrogen-bond donors (Lipinski definition) is 1. The van der Waals surface area contributed by atoms with Gasteiger partial charge >= 0.3 is 0 Å². The molecular weight excluding hydrogens is 565 g/mol. The van der Waals surface area contributed by atoms with Crippen molar-refractivity contribution in [2.24, 2.45) is 5.92 Å². The van der Waals surface area contributed by atoms with Crippen LogP contribution in [0, 0.1) is 5.92 Å². The van der Waals surface area contributed by atoms with Crippen LogP contribution in [0.1, 0.15) is 39.7 Å². The van der Waals surface area contributed by atoms with Gasteiger partial charge in [0.2, 0.25) is 21.8 Å². The molecule has 1 aliphatic rings. The molecule has 0 bridgehead atoms. The van der Waals surface area contributed by atoms with Gasteiger partial charge in [-0.3, -0.25) is 13.9 Å². The van der Waals surface area contributed by atoms with Crippen LogP contribution in [0.15, 0.2) is 36.4 Å². The lowest BCUT2D eigenvalue weighted by Crippen LogP contribution is -2.52. The molecule has 9 nitrogen and oxygen atoms in total. The normalized spacial score (nSPS) is 13.6. The molecule has 0 aliphatic carbocycles. The van der Waals surface area contributed by atoms with E-state index in [2.05, 4.69) is 5.32 Å². The van der Waals surface area contributed by atoms with Crippen molar-refractivity contribution in [3.05, 3.63) is 52.0 Å². The van der Waals surface area contributed by atoms with E-state index in [9.17, 15) is 18.0 Å². The summed E-state index contributed by atoms with van der Waals surface area (Å²) >= 11 is 12.3. The molecule has 0 radical (unpaired) electrons. The van der Waals surface area contributed by atoms with Crippen molar-refractivity contribution in [2.45, 2.75) is 46.7 Å². The first-order valence-corrected chi connectivity index (χ1v) is 15.2. The van der Waals surface area contributed by atoms with Crippen molar-refractivity contribution < 1.29 is 27.5 Å². The third-order valence-corrected chi connectivity index (χ3v) is 8.68. The number of rotatable bonds is 12. The number of nitrogens with one attached hydrogen (secondary N) is 1. The molecule has 214 valence electrons. The van der Waals surface area contributed by atoms with Gasteiger partial charge in [-0.25, -0.2) is 8.42 Å². The summed E-state index contributed by atoms with van der Waals surface area (Å²) < 4.78 is 38.6. The molecule has 1 N–H and O–H groups in total. The first kappa shape index (κ1) is 30.8. The van der Waals surface area contributed by atoms with Crippen LogP contribution >= 0.6 is 23.2 Å². The van der Waals surface area contributed by atoms with Crippen molar-refractivity contribution in [1.29, 1.82) is 0 Å². The lowest BCUT2D eigenvalue weighted by Gasteiger charge is -2.33. The molecule has 1 heterocycles. The molecule has 0 fully saturated rings. The second kappa shape index (κ2) is 13.6. The Morgan fingerprint density at radius 1 is 1.00 bits per heavy atom. The fourth-order valence-corrected chi connectivity index (χ4v) is 5.46. The number of halogens is 2. The lowest BCUT2D eigenvalue weighted by molar-refractivity contribution is -0.140. The van der Waals surface area contributed by atoms with Gasteiger partial charge in [-0.1, -0.05) is 50.0 Å². The monoisotopic (exact) mass is 599 g/mol. The maximum absolute atomic E-state index is 13.9. The van der Waals surface area contributed by atoms with Crippen molar-refractivity contribution >= 4 is 50.7 Å². The van der Waals surface area contributed by atoms with Crippen LogP contribution in [0.3, 0.4) is 0 Å². The second-order valence-corrected chi connectivity index (χ2v) is 12.6. The summed E-state index contributed by atoms with van der Waals surface area (Å²) in [4.78, 5) is 28.5. The number of benzene rings is 2. The Hall–Kier alpha value is -2.69. The summed E-state index contributed by atoms with van der Waals surface area (Å²) in [5, 5.41) is 3.56. The van der Waals surface area contributed by atoms with Crippen molar-refractivity contribution in [3.63, 3.8) is 0 Å². The minimum Gasteiger partial charge on any atom is -0.486 e. The molecule has 2 amide bonds. The molecule has 2 aromatic carbocycles. The summed E-state index contributed by atoms with van der Waals surface area (Å²) in [5.74, 6) is 0.0246. The highest BCUT2D eigenvalue weighted by Gasteiger charge is 2.33. The van der Waals surface area contributed by atoms with Crippen LogP contribution in [0.4, 0.5) is 5.69 Å². The number of hydrogen-bond acceptors (Lipinski definition) is 6. The topological polar surface area (TPSA) is 105 Å². The molecular formula is C27H35Cl2N3O6S. The van der Waals surface area contributed by atoms with Crippen molar-refractivity contribution in [3.8, 4) is 11.5 Å². The molecule has 0 unspecified atom stereocenters. The highest BCUT2D eigenvalue weighted by molar-refractivity contribution is 7.92. The number of fused-ring (bicyclic) bond motifs is 1. The summed E-state index contributed by atoms with van der Waals surface area (Å²) in [5.41, 5.74) is 0.915. The van der Waals surface area contributed by atoms with Gasteiger partial charge in [-0.05, 0) is 49.1 Å². The Labute approximate surface area is 240 Å². The zero-order valence-corrected chi connectivity index (χ0v) is 24.9. The average molecular weight is 601 g/mol. The summed E-state index contributed by atoms with van der Waals surface area (Å²) in [6, 6.07) is 8.87. The first-order chi connectivity index (χ1) is 18.5. The van der Waals surface area contributed by atoms with E-state index in [1.54, 1.807) is 43.3 Å². The largest absolute Gasteiger partial charge is 0.486 e. The maximum atomic E-state index is 13.9. The fourth-order valence-electron chi connectivity index (χ4n) is 4.08. The Morgan fingerprint density at radius 2 is 1.69 bits per heavy atom. The number of anilines is 1. The zero-order valence-electron chi connectivity index (χ0n) is 22.6. The van der Waals surface area contributed by atoms with E-state index in [-0.39, 0.29) is 29.8 Å². The van der Waals surface area contributed by atoms with Gasteiger partial charge in [-0.15, -0.1) is 0 Å². The van der Waals surface area contributed by atoms with Crippen LogP contribution in [0.5, 0.6) is 11.5 Å². The number of carbonyl (C=O) groups is 2. The number of ether oxygens (including phenoxy) is 2. The highest BCUT2D eigenvalue weighted by Crippen LogP contribution is 2.35. The number of carbonyl (C=O) groups excluding carboxylic acids is 2. The molecule has 0 aromatic heterocycles. The molecule has 12 heteroatoms. The molecule has 39 heavy (non-hydrogen) atoms. The number of amides is 2. The lowest BCUT2D eigenvalue weighted by atomic mass is 10.1. The summed E-state index contributed by atoms with van der Waals surface area (Å²) in [6.45, 7) is 7.94. The van der Waals surface area contributed by atoms with Crippen LogP contribution in [0.25, 0.3) is 0 Å². The molecule has 2 aromatic rings. The Balaban J connectivity index is 1.98. The third kappa shape index (κ3) is 7.93. The van der Waals surface area contributed by atoms with Crippen LogP contribution in [0.2, 0.25) is 10.0 Å². The zero-order chi connectivity index (χ0) is 28.7. The summed E-state index contributed by atoms with van der Waals surface area (Å²) in [7, 11) is -3.88. The Bertz CT molecular complexity index is 1290. The third-order valence-electron chi connectivity index (χ3n) is 6.20. The van der Waals surface area contributed by atoms with Gasteiger partial charge in [-0.2, -0.15) is 0 Å². The van der Waals surface area contributed by atoms with Gasteiger partial charge in [0.25, 0.3) is 0 Å². The van der Waals surface area contributed by atoms with E-state index in [0.717, 1.165) is 4.31 Å². The van der Waals surface area contributed by atoms with E-state index in [4.69, 9.17) is 32.7 Å². The van der Waals surface area contributed by atoms with Crippen LogP contribution < -0.4 is 19.1 Å². The minimum atomic E-state index is -3.88. The van der Waals surface area contributed by atoms with E-state index >= 15 is 0 Å². The van der Waals surface area contributed by atoms with E-state index in [1.165, 1.54) is 11.8 Å². The van der Waals surface area contributed by atoms with Gasteiger partial charge in [0.15, 0.2) is 11.5 Å². The number of nitrogens with zero attached hydrogens (tertiary/aromatic N) is 2. The van der Waals surface area contributed by atoms with E-state index < -0.39 is 28.5 Å². The first-order valence-electron chi connectivity index (χ1n) is 12.9. The van der Waals surface area contributed by atoms with Gasteiger partial charge in [0.05, 0.1) is 21.5 Å². The SMILES string of the molecule is CC[C@H](C(=O)NCC(C)C)N(Cc1ccc(Cl)c(Cl)c1)C(=O)CN(c1ccc2c(c1)OCCO2)S(=O)(=O)CC. The highest BCUT2D eigenvalue weighted by atomic mass is 35.5. The smallest absolute Gasteiger partial charge is 0.244 e. The molecule has 1 atom stereocenters. The standard InChI is InChI=1S/C27H35Cl2N3O6S/c1-5-23(27(34)30-15-18(3)4)31(16-19-7-9-21(28)22(29)13-19)26(33)17-32(39(35,36)6-2)20-8-10-24-25(14-20)38-12-11-37-24/h7-10,13-14,18,23H,5-6,11-12,15-17H2,1-4H3,(H,30,34)/t23-/m1/s1. The van der Waals surface area contributed by atoms with Gasteiger partial charge in [0.1, 0.15) is 25.8 Å². The quantitative estimate of drug-likeness (QED) is 0.385. The Morgan fingerprint density at radius 3 is 2.31 bits per heavy atom. The molecule has 3 rings (SSSR count). The molecule has 0 saturated carbocycles. The minimum absolute atomic E-state index is 0.0322. The van der Waals surface area contributed by atoms with Crippen LogP contribution in [-0.2, 0) is 26.2 Å². The van der Waals surface area contributed by atoms with E-state index in [1.807, 2.05) is 13.8 Å². The van der Waals surface area contributed by atoms with Crippen molar-refractivity contribution in [1.82, 2.24) is 10.2 Å². The number of sulfonamides is 1. The Kier molecular flexibility index (Phi) is 10.7. The average Bonchev–Trinajstić information content (AvgIpc) is 2.91. The van der Waals surface area contributed by atoms with Gasteiger partial charge in [0, 0.05) is 19.2 Å². The molecule has 0 spiro atoms. The van der Waals surface area contributed by atoms with Gasteiger partial charge < -0.3 is 19.7 Å². The second-order valence-electron chi connectivity index (χ2n) is 9.57. The molecule has 1 aliphatic heterocycles. The van der Waals surface area contributed by atoms with Crippen molar-refractivity contribution in [2.75, 3.05) is 36.4 Å². The predicted octanol–water partition coefficient (Wildman–Crippen LogP) is 4.50. The van der Waals surface area contributed by atoms with E-state index in [0.29, 0.717) is 53.3 Å². The fraction of sp³-hybridized carbons (Fsp3) is 0.481. The molecule has 0 saturated heterocycles.